The number of esters is 1. The van der Waals surface area contributed by atoms with Crippen molar-refractivity contribution in [3.63, 3.8) is 0 Å². The number of hydrogen-bond donors (Lipinski definition) is 2. The lowest BCUT2D eigenvalue weighted by molar-refractivity contribution is -0.144. The van der Waals surface area contributed by atoms with Gasteiger partial charge in [-0.2, -0.15) is 0 Å². The van der Waals surface area contributed by atoms with Crippen LogP contribution in [0.5, 0.6) is 0 Å². The molecule has 5 nitrogen and oxygen atoms in total. The van der Waals surface area contributed by atoms with Crippen LogP contribution in [0.1, 0.15) is 6.92 Å². The minimum atomic E-state index is -0.643. The van der Waals surface area contributed by atoms with Gasteiger partial charge in [-0.1, -0.05) is 0 Å². The second-order valence-corrected chi connectivity index (χ2v) is 4.75. The summed E-state index contributed by atoms with van der Waals surface area (Å²) >= 11 is 1.45. The number of rotatable bonds is 5. The summed E-state index contributed by atoms with van der Waals surface area (Å²) in [4.78, 5) is 23.4. The van der Waals surface area contributed by atoms with Crippen LogP contribution in [-0.2, 0) is 14.3 Å². The van der Waals surface area contributed by atoms with Gasteiger partial charge in [-0.15, -0.1) is 11.8 Å². The van der Waals surface area contributed by atoms with Crippen molar-refractivity contribution in [1.29, 1.82) is 0 Å². The van der Waals surface area contributed by atoms with Gasteiger partial charge in [0.15, 0.2) is 0 Å². The number of nitrogens with one attached hydrogen (secondary N) is 1. The summed E-state index contributed by atoms with van der Waals surface area (Å²) in [6.45, 7) is 1.36. The molecule has 0 spiro atoms. The molecule has 0 saturated heterocycles. The number of ether oxygens (including phenoxy) is 1. The predicted octanol–water partition coefficient (Wildman–Crippen LogP) is 1.04. The van der Waals surface area contributed by atoms with E-state index in [2.05, 4.69) is 10.1 Å². The first-order chi connectivity index (χ1) is 8.52. The fraction of sp³-hybridized carbons (Fsp3) is 0.333. The number of nitrogen functional groups attached to an aromatic ring is 1. The van der Waals surface area contributed by atoms with E-state index in [1.54, 1.807) is 12.1 Å². The third kappa shape index (κ3) is 4.67. The van der Waals surface area contributed by atoms with Crippen LogP contribution in [0.4, 0.5) is 5.69 Å². The van der Waals surface area contributed by atoms with Crippen molar-refractivity contribution in [1.82, 2.24) is 5.32 Å². The van der Waals surface area contributed by atoms with Crippen molar-refractivity contribution >= 4 is 29.3 Å². The van der Waals surface area contributed by atoms with Crippen molar-refractivity contribution < 1.29 is 14.3 Å². The molecule has 1 rings (SSSR count). The largest absolute Gasteiger partial charge is 0.467 e. The number of amides is 1. The molecular weight excluding hydrogens is 252 g/mol. The zero-order valence-corrected chi connectivity index (χ0v) is 11.1. The minimum absolute atomic E-state index is 0.261. The summed E-state index contributed by atoms with van der Waals surface area (Å²) in [5.41, 5.74) is 6.26. The minimum Gasteiger partial charge on any atom is -0.467 e. The highest BCUT2D eigenvalue weighted by atomic mass is 32.2. The van der Waals surface area contributed by atoms with Crippen LogP contribution in [0.15, 0.2) is 29.2 Å². The van der Waals surface area contributed by atoms with Gasteiger partial charge in [-0.25, -0.2) is 4.79 Å². The van der Waals surface area contributed by atoms with Crippen LogP contribution in [0.25, 0.3) is 0 Å². The van der Waals surface area contributed by atoms with Gasteiger partial charge in [0.05, 0.1) is 7.11 Å². The Bertz CT molecular complexity index is 420. The number of anilines is 1. The average Bonchev–Trinajstić information content (AvgIpc) is 2.35. The first-order valence-corrected chi connectivity index (χ1v) is 6.34. The number of benzene rings is 1. The van der Waals surface area contributed by atoms with Gasteiger partial charge in [0.1, 0.15) is 6.04 Å². The van der Waals surface area contributed by atoms with Gasteiger partial charge in [0.25, 0.3) is 0 Å². The maximum Gasteiger partial charge on any atom is 0.329 e. The summed E-state index contributed by atoms with van der Waals surface area (Å²) in [6, 6.07) is 6.65. The van der Waals surface area contributed by atoms with Crippen molar-refractivity contribution in [2.45, 2.75) is 17.9 Å². The second kappa shape index (κ2) is 6.90. The van der Waals surface area contributed by atoms with Crippen LogP contribution in [0, 0.1) is 0 Å². The van der Waals surface area contributed by atoms with Crippen LogP contribution < -0.4 is 11.1 Å². The molecule has 1 unspecified atom stereocenters. The van der Waals surface area contributed by atoms with E-state index >= 15 is 0 Å². The van der Waals surface area contributed by atoms with Crippen molar-refractivity contribution in [3.05, 3.63) is 24.3 Å². The van der Waals surface area contributed by atoms with Gasteiger partial charge in [-0.05, 0) is 24.3 Å². The van der Waals surface area contributed by atoms with E-state index in [9.17, 15) is 9.59 Å². The molecule has 1 aromatic rings. The smallest absolute Gasteiger partial charge is 0.329 e. The molecule has 0 heterocycles. The van der Waals surface area contributed by atoms with Crippen LogP contribution in [-0.4, -0.2) is 30.8 Å². The highest BCUT2D eigenvalue weighted by Crippen LogP contribution is 2.20. The Balaban J connectivity index is 2.58. The molecule has 0 aromatic heterocycles. The van der Waals surface area contributed by atoms with Crippen LogP contribution >= 0.6 is 11.8 Å². The maximum absolute atomic E-state index is 11.5. The van der Waals surface area contributed by atoms with E-state index < -0.39 is 12.0 Å². The molecule has 3 N–H and O–H groups in total. The standard InChI is InChI=1S/C12H16N2O3S/c1-8(15)14-11(12(16)17-2)7-18-10-5-3-9(13)4-6-10/h3-6,11H,7,13H2,1-2H3,(H,14,15). The molecule has 0 saturated carbocycles. The highest BCUT2D eigenvalue weighted by Gasteiger charge is 2.20. The molecule has 18 heavy (non-hydrogen) atoms. The Kier molecular flexibility index (Phi) is 5.51. The van der Waals surface area contributed by atoms with Crippen LogP contribution in [0.2, 0.25) is 0 Å². The lowest BCUT2D eigenvalue weighted by Crippen LogP contribution is -2.42. The Morgan fingerprint density at radius 2 is 2.00 bits per heavy atom. The normalized spacial score (nSPS) is 11.7. The highest BCUT2D eigenvalue weighted by molar-refractivity contribution is 7.99. The van der Waals surface area contributed by atoms with Crippen LogP contribution in [0.3, 0.4) is 0 Å². The maximum atomic E-state index is 11.5. The zero-order chi connectivity index (χ0) is 13.5. The molecule has 0 radical (unpaired) electrons. The number of hydrogen-bond acceptors (Lipinski definition) is 5. The number of nitrogens with two attached hydrogens (primary N) is 1. The number of carbonyl (C=O) groups is 2. The molecule has 6 heteroatoms. The summed E-state index contributed by atoms with van der Waals surface area (Å²) < 4.78 is 4.63. The van der Waals surface area contributed by atoms with E-state index in [0.717, 1.165) is 4.90 Å². The molecule has 0 aliphatic heterocycles. The Hall–Kier alpha value is -1.69. The molecule has 1 amide bonds. The topological polar surface area (TPSA) is 81.4 Å². The second-order valence-electron chi connectivity index (χ2n) is 3.66. The monoisotopic (exact) mass is 268 g/mol. The zero-order valence-electron chi connectivity index (χ0n) is 10.3. The molecule has 0 aliphatic carbocycles. The molecule has 98 valence electrons. The Labute approximate surface area is 110 Å². The van der Waals surface area contributed by atoms with E-state index in [-0.39, 0.29) is 5.91 Å². The summed E-state index contributed by atoms with van der Waals surface area (Å²) in [5, 5.41) is 2.55. The summed E-state index contributed by atoms with van der Waals surface area (Å²) in [5.74, 6) is -0.299. The third-order valence-electron chi connectivity index (χ3n) is 2.16. The molecule has 1 atom stereocenters. The lowest BCUT2D eigenvalue weighted by atomic mass is 10.3. The van der Waals surface area contributed by atoms with Gasteiger partial charge in [0, 0.05) is 23.3 Å². The molecule has 0 fully saturated rings. The predicted molar refractivity (Wildman–Crippen MR) is 71.2 cm³/mol. The Morgan fingerprint density at radius 3 is 2.50 bits per heavy atom. The third-order valence-corrected chi connectivity index (χ3v) is 3.27. The fourth-order valence-corrected chi connectivity index (χ4v) is 2.21. The SMILES string of the molecule is COC(=O)C(CSc1ccc(N)cc1)NC(C)=O. The first-order valence-electron chi connectivity index (χ1n) is 5.36. The van der Waals surface area contributed by atoms with E-state index in [4.69, 9.17) is 5.73 Å². The number of methoxy groups -OCH3 is 1. The van der Waals surface area contributed by atoms with Gasteiger partial charge in [-0.3, -0.25) is 4.79 Å². The first kappa shape index (κ1) is 14.4. The average molecular weight is 268 g/mol. The molecule has 0 aliphatic rings. The molecule has 0 bridgehead atoms. The Morgan fingerprint density at radius 1 is 1.39 bits per heavy atom. The summed E-state index contributed by atoms with van der Waals surface area (Å²) in [6.07, 6.45) is 0. The molecular formula is C12H16N2O3S. The number of carbonyl (C=O) groups excluding carboxylic acids is 2. The van der Waals surface area contributed by atoms with E-state index in [1.807, 2.05) is 12.1 Å². The number of thioether (sulfide) groups is 1. The molecule has 1 aromatic carbocycles. The quantitative estimate of drug-likeness (QED) is 0.474. The van der Waals surface area contributed by atoms with Crippen molar-refractivity contribution in [3.8, 4) is 0 Å². The van der Waals surface area contributed by atoms with Gasteiger partial charge >= 0.3 is 5.97 Å². The van der Waals surface area contributed by atoms with Gasteiger partial charge in [0.2, 0.25) is 5.91 Å². The summed E-state index contributed by atoms with van der Waals surface area (Å²) in [7, 11) is 1.30. The van der Waals surface area contributed by atoms with Crippen molar-refractivity contribution in [2.24, 2.45) is 0 Å². The fourth-order valence-electron chi connectivity index (χ4n) is 1.30. The van der Waals surface area contributed by atoms with Gasteiger partial charge < -0.3 is 15.8 Å². The van der Waals surface area contributed by atoms with E-state index in [0.29, 0.717) is 11.4 Å². The van der Waals surface area contributed by atoms with Crippen molar-refractivity contribution in [2.75, 3.05) is 18.6 Å². The van der Waals surface area contributed by atoms with E-state index in [1.165, 1.54) is 25.8 Å². The lowest BCUT2D eigenvalue weighted by Gasteiger charge is -2.14.